The highest BCUT2D eigenvalue weighted by atomic mass is 32.1. The lowest BCUT2D eigenvalue weighted by Gasteiger charge is -2.17. The second-order valence-corrected chi connectivity index (χ2v) is 9.11. The third kappa shape index (κ3) is 7.30. The van der Waals surface area contributed by atoms with Crippen molar-refractivity contribution in [2.45, 2.75) is 58.5 Å². The molecule has 0 radical (unpaired) electrons. The number of allylic oxidation sites excluding steroid dienone is 1. The summed E-state index contributed by atoms with van der Waals surface area (Å²) in [5.74, 6) is -2.43. The molecule has 0 spiro atoms. The number of carbonyl (C=O) groups is 2. The van der Waals surface area contributed by atoms with Crippen molar-refractivity contribution in [2.75, 3.05) is 13.7 Å². The van der Waals surface area contributed by atoms with Gasteiger partial charge in [0.25, 0.3) is 0 Å². The summed E-state index contributed by atoms with van der Waals surface area (Å²) in [7, 11) is 1.32. The number of carbonyl (C=O) groups excluding carboxylic acids is 2. The van der Waals surface area contributed by atoms with E-state index in [9.17, 15) is 24.6 Å². The number of ketones is 1. The van der Waals surface area contributed by atoms with E-state index in [4.69, 9.17) is 9.15 Å². The Morgan fingerprint density at radius 1 is 1.24 bits per heavy atom. The minimum atomic E-state index is -1.16. The van der Waals surface area contributed by atoms with Crippen LogP contribution in [-0.4, -0.2) is 35.7 Å². The third-order valence-corrected chi connectivity index (χ3v) is 6.42. The normalized spacial score (nSPS) is 14.0. The van der Waals surface area contributed by atoms with Gasteiger partial charge >= 0.3 is 11.6 Å². The molecule has 0 saturated carbocycles. The minimum absolute atomic E-state index is 0.181. The molecular formula is C25H32O8S. The Morgan fingerprint density at radius 2 is 1.97 bits per heavy atom. The van der Waals surface area contributed by atoms with Crippen molar-refractivity contribution in [3.8, 4) is 10.8 Å². The monoisotopic (exact) mass is 492 g/mol. The van der Waals surface area contributed by atoms with E-state index in [0.29, 0.717) is 29.4 Å². The molecule has 0 aromatic carbocycles. The molecule has 0 saturated heterocycles. The molecule has 8 nitrogen and oxygen atoms in total. The van der Waals surface area contributed by atoms with Crippen LogP contribution in [0.2, 0.25) is 0 Å². The average Bonchev–Trinajstić information content (AvgIpc) is 3.29. The Bertz CT molecular complexity index is 1050. The van der Waals surface area contributed by atoms with Crippen molar-refractivity contribution >= 4 is 23.1 Å². The summed E-state index contributed by atoms with van der Waals surface area (Å²) < 4.78 is 15.4. The van der Waals surface area contributed by atoms with E-state index < -0.39 is 34.7 Å². The first-order valence-electron chi connectivity index (χ1n) is 11.2. The maximum Gasteiger partial charge on any atom is 0.350 e. The third-order valence-electron chi connectivity index (χ3n) is 5.36. The van der Waals surface area contributed by atoms with E-state index in [1.807, 2.05) is 19.9 Å². The Balaban J connectivity index is 2.07. The van der Waals surface area contributed by atoms with Crippen molar-refractivity contribution in [3.63, 3.8) is 0 Å². The number of thiophene rings is 1. The van der Waals surface area contributed by atoms with Gasteiger partial charge in [-0.15, -0.1) is 11.3 Å². The number of aliphatic hydroxyl groups excluding tert-OH is 1. The van der Waals surface area contributed by atoms with Gasteiger partial charge in [-0.3, -0.25) is 9.59 Å². The highest BCUT2D eigenvalue weighted by Crippen LogP contribution is 2.35. The molecule has 0 fully saturated rings. The highest BCUT2D eigenvalue weighted by molar-refractivity contribution is 7.13. The Labute approximate surface area is 202 Å². The fraction of sp³-hybridized carbons (Fsp3) is 0.480. The van der Waals surface area contributed by atoms with Crippen molar-refractivity contribution in [1.82, 2.24) is 0 Å². The quantitative estimate of drug-likeness (QED) is 0.233. The van der Waals surface area contributed by atoms with Gasteiger partial charge in [-0.2, -0.15) is 0 Å². The second-order valence-electron chi connectivity index (χ2n) is 8.03. The van der Waals surface area contributed by atoms with Crippen LogP contribution in [0.15, 0.2) is 39.6 Å². The summed E-state index contributed by atoms with van der Waals surface area (Å²) in [6.45, 7) is 5.86. The molecule has 34 heavy (non-hydrogen) atoms. The molecule has 0 amide bonds. The topological polar surface area (TPSA) is 123 Å². The van der Waals surface area contributed by atoms with Crippen LogP contribution in [0.5, 0.6) is 10.8 Å². The van der Waals surface area contributed by atoms with Crippen LogP contribution in [0.3, 0.4) is 0 Å². The molecule has 186 valence electrons. The first-order chi connectivity index (χ1) is 16.2. The predicted molar refractivity (Wildman–Crippen MR) is 129 cm³/mol. The summed E-state index contributed by atoms with van der Waals surface area (Å²) in [5.41, 5.74) is -1.41. The molecule has 2 N–H and O–H groups in total. The van der Waals surface area contributed by atoms with Gasteiger partial charge in [0.15, 0.2) is 10.8 Å². The maximum absolute atomic E-state index is 12.9. The minimum Gasteiger partial charge on any atom is -0.507 e. The number of aliphatic hydroxyl groups is 1. The van der Waals surface area contributed by atoms with E-state index >= 15 is 0 Å². The van der Waals surface area contributed by atoms with E-state index in [2.05, 4.69) is 4.74 Å². The van der Waals surface area contributed by atoms with Gasteiger partial charge in [-0.1, -0.05) is 32.9 Å². The standard InChI is InChI=1S/C25H32O8S/c1-5-13-32-21-12-11-19(34-21)23(28)16(3)24(29)22-17(26)14-18(33-25(22)30)15(2)9-7-6-8-10-20(27)31-4/h6,8,11-12,14-16,23,26,28H,5,7,9-10,13H2,1-4H3/b8-6+. The number of aromatic hydroxyl groups is 1. The molecular weight excluding hydrogens is 460 g/mol. The van der Waals surface area contributed by atoms with Crippen LogP contribution in [-0.2, 0) is 9.53 Å². The number of Topliss-reactive ketones (excluding diaryl/α,β-unsaturated/α-hetero) is 1. The van der Waals surface area contributed by atoms with Crippen LogP contribution in [0.1, 0.15) is 79.5 Å². The van der Waals surface area contributed by atoms with Gasteiger partial charge < -0.3 is 24.1 Å². The smallest absolute Gasteiger partial charge is 0.350 e. The number of hydrogen-bond acceptors (Lipinski definition) is 9. The van der Waals surface area contributed by atoms with Gasteiger partial charge in [0.1, 0.15) is 17.1 Å². The molecule has 2 heterocycles. The second kappa shape index (κ2) is 13.1. The molecule has 0 aliphatic heterocycles. The van der Waals surface area contributed by atoms with E-state index in [-0.39, 0.29) is 24.1 Å². The van der Waals surface area contributed by atoms with Crippen molar-refractivity contribution < 1.29 is 33.7 Å². The summed E-state index contributed by atoms with van der Waals surface area (Å²) in [5, 5.41) is 21.7. The van der Waals surface area contributed by atoms with Gasteiger partial charge in [-0.05, 0) is 31.4 Å². The Kier molecular flexibility index (Phi) is 10.5. The number of rotatable bonds is 13. The van der Waals surface area contributed by atoms with Crippen LogP contribution in [0.25, 0.3) is 0 Å². The maximum atomic E-state index is 12.9. The van der Waals surface area contributed by atoms with E-state index in [1.54, 1.807) is 18.2 Å². The van der Waals surface area contributed by atoms with Crippen LogP contribution in [0.4, 0.5) is 0 Å². The van der Waals surface area contributed by atoms with Gasteiger partial charge in [-0.25, -0.2) is 4.79 Å². The van der Waals surface area contributed by atoms with Crippen molar-refractivity contribution in [3.05, 3.63) is 57.0 Å². The zero-order valence-electron chi connectivity index (χ0n) is 19.9. The summed E-state index contributed by atoms with van der Waals surface area (Å²) in [4.78, 5) is 37.1. The van der Waals surface area contributed by atoms with Crippen LogP contribution < -0.4 is 10.4 Å². The molecule has 3 atom stereocenters. The first-order valence-corrected chi connectivity index (χ1v) is 12.0. The molecule has 0 aliphatic carbocycles. The molecule has 3 unspecified atom stereocenters. The average molecular weight is 493 g/mol. The summed E-state index contributed by atoms with van der Waals surface area (Å²) in [6, 6.07) is 4.68. The number of esters is 1. The summed E-state index contributed by atoms with van der Waals surface area (Å²) >= 11 is 1.23. The molecule has 9 heteroatoms. The van der Waals surface area contributed by atoms with Crippen molar-refractivity contribution in [1.29, 1.82) is 0 Å². The zero-order valence-corrected chi connectivity index (χ0v) is 20.7. The highest BCUT2D eigenvalue weighted by Gasteiger charge is 2.31. The van der Waals surface area contributed by atoms with Crippen LogP contribution in [0, 0.1) is 5.92 Å². The largest absolute Gasteiger partial charge is 0.507 e. The molecule has 0 aliphatic rings. The van der Waals surface area contributed by atoms with E-state index in [1.165, 1.54) is 31.4 Å². The number of ether oxygens (including phenoxy) is 2. The van der Waals surface area contributed by atoms with Crippen molar-refractivity contribution in [2.24, 2.45) is 5.92 Å². The number of hydrogen-bond donors (Lipinski definition) is 2. The predicted octanol–water partition coefficient (Wildman–Crippen LogP) is 4.75. The molecule has 2 aromatic heterocycles. The fourth-order valence-electron chi connectivity index (χ4n) is 3.23. The van der Waals surface area contributed by atoms with Gasteiger partial charge in [0.05, 0.1) is 32.2 Å². The lowest BCUT2D eigenvalue weighted by Crippen LogP contribution is -2.25. The van der Waals surface area contributed by atoms with Crippen LogP contribution >= 0.6 is 11.3 Å². The lowest BCUT2D eigenvalue weighted by atomic mass is 9.93. The SMILES string of the molecule is CCCOc1ccc(C(O)C(C)C(=O)c2c(O)cc(C(C)CC/C=C/CC(=O)OC)oc2=O)s1. The molecule has 0 bridgehead atoms. The lowest BCUT2D eigenvalue weighted by molar-refractivity contribution is -0.139. The Morgan fingerprint density at radius 3 is 2.62 bits per heavy atom. The molecule has 2 aromatic rings. The zero-order chi connectivity index (χ0) is 25.3. The van der Waals surface area contributed by atoms with E-state index in [0.717, 1.165) is 6.42 Å². The van der Waals surface area contributed by atoms with Gasteiger partial charge in [0.2, 0.25) is 0 Å². The fourth-order valence-corrected chi connectivity index (χ4v) is 4.20. The number of methoxy groups -OCH3 is 1. The Hall–Kier alpha value is -2.91. The first kappa shape index (κ1) is 27.3. The van der Waals surface area contributed by atoms with Gasteiger partial charge in [0, 0.05) is 16.9 Å². The summed E-state index contributed by atoms with van der Waals surface area (Å²) in [6.07, 6.45) is 4.62. The molecule has 2 rings (SSSR count).